The summed E-state index contributed by atoms with van der Waals surface area (Å²) in [7, 11) is 0. The number of hydrogen-bond donors (Lipinski definition) is 1. The fourth-order valence-corrected chi connectivity index (χ4v) is 2.91. The molecule has 0 heterocycles. The molecule has 0 bridgehead atoms. The molecule has 0 aliphatic carbocycles. The van der Waals surface area contributed by atoms with Crippen molar-refractivity contribution in [1.82, 2.24) is 0 Å². The zero-order valence-electron chi connectivity index (χ0n) is 17.8. The number of benzene rings is 2. The molecule has 1 atom stereocenters. The molecule has 0 spiro atoms. The van der Waals surface area contributed by atoms with Crippen LogP contribution >= 0.6 is 0 Å². The summed E-state index contributed by atoms with van der Waals surface area (Å²) in [6, 6.07) is 16.6. The summed E-state index contributed by atoms with van der Waals surface area (Å²) >= 11 is 0. The number of ether oxygens (including phenoxy) is 2. The number of carbonyl (C=O) groups is 1. The van der Waals surface area contributed by atoms with Crippen LogP contribution in [0.4, 0.5) is 0 Å². The van der Waals surface area contributed by atoms with Crippen molar-refractivity contribution in [2.45, 2.75) is 40.2 Å². The Kier molecular flexibility index (Phi) is 8.25. The van der Waals surface area contributed by atoms with Crippen LogP contribution in [0.25, 0.3) is 5.57 Å². The van der Waals surface area contributed by atoms with Crippen molar-refractivity contribution in [3.8, 4) is 11.8 Å². The van der Waals surface area contributed by atoms with Gasteiger partial charge in [-0.25, -0.2) is 0 Å². The van der Waals surface area contributed by atoms with Crippen LogP contribution in [0, 0.1) is 11.3 Å². The number of aliphatic hydroxyl groups is 1. The number of nitrogens with zero attached hydrogens (tertiary/aromatic N) is 1. The lowest BCUT2D eigenvalue weighted by atomic mass is 9.99. The molecule has 0 saturated heterocycles. The molecular weight excluding hydrogens is 378 g/mol. The topological polar surface area (TPSA) is 79.6 Å². The van der Waals surface area contributed by atoms with Crippen molar-refractivity contribution in [2.24, 2.45) is 0 Å². The molecule has 0 radical (unpaired) electrons. The monoisotopic (exact) mass is 405 g/mol. The number of nitriles is 1. The maximum absolute atomic E-state index is 11.9. The van der Waals surface area contributed by atoms with Gasteiger partial charge in [0.05, 0.1) is 30.4 Å². The first kappa shape index (κ1) is 22.8. The molecule has 0 aromatic heterocycles. The molecule has 0 fully saturated rings. The normalized spacial score (nSPS) is 13.1. The van der Waals surface area contributed by atoms with E-state index in [1.165, 1.54) is 0 Å². The van der Waals surface area contributed by atoms with Crippen LogP contribution < -0.4 is 4.74 Å². The van der Waals surface area contributed by atoms with Crippen molar-refractivity contribution in [3.05, 3.63) is 82.6 Å². The van der Waals surface area contributed by atoms with Crippen LogP contribution in [0.3, 0.4) is 0 Å². The highest BCUT2D eigenvalue weighted by Gasteiger charge is 2.14. The number of aliphatic hydroxyl groups excluding tert-OH is 1. The van der Waals surface area contributed by atoms with E-state index in [0.717, 1.165) is 16.7 Å². The van der Waals surface area contributed by atoms with Gasteiger partial charge in [0.1, 0.15) is 11.9 Å². The number of rotatable bonds is 8. The molecule has 0 saturated carbocycles. The second-order valence-electron chi connectivity index (χ2n) is 6.93. The molecular formula is C25H27NO4. The Balaban J connectivity index is 2.25. The summed E-state index contributed by atoms with van der Waals surface area (Å²) in [6.45, 7) is 7.54. The van der Waals surface area contributed by atoms with Crippen LogP contribution in [0.2, 0.25) is 0 Å². The fourth-order valence-electron chi connectivity index (χ4n) is 2.91. The second-order valence-corrected chi connectivity index (χ2v) is 6.93. The maximum Gasteiger partial charge on any atom is 0.310 e. The Labute approximate surface area is 177 Å². The number of esters is 1. The maximum atomic E-state index is 11.9. The van der Waals surface area contributed by atoms with Crippen LogP contribution in [0.5, 0.6) is 5.75 Å². The molecule has 0 aliphatic rings. The van der Waals surface area contributed by atoms with Gasteiger partial charge in [-0.3, -0.25) is 4.79 Å². The summed E-state index contributed by atoms with van der Waals surface area (Å²) in [6.07, 6.45) is 1.69. The van der Waals surface area contributed by atoms with Gasteiger partial charge in [-0.1, -0.05) is 30.3 Å². The summed E-state index contributed by atoms with van der Waals surface area (Å²) in [5.74, 6) is 0.467. The molecule has 5 nitrogen and oxygen atoms in total. The van der Waals surface area contributed by atoms with Gasteiger partial charge in [-0.2, -0.15) is 5.26 Å². The van der Waals surface area contributed by atoms with E-state index in [4.69, 9.17) is 14.7 Å². The van der Waals surface area contributed by atoms with Crippen LogP contribution in [0.15, 0.2) is 65.9 Å². The molecule has 30 heavy (non-hydrogen) atoms. The van der Waals surface area contributed by atoms with E-state index in [-0.39, 0.29) is 24.3 Å². The number of allylic oxidation sites excluding steroid dienone is 3. The van der Waals surface area contributed by atoms with E-state index in [9.17, 15) is 9.90 Å². The zero-order chi connectivity index (χ0) is 22.1. The summed E-state index contributed by atoms with van der Waals surface area (Å²) in [5.41, 5.74) is 3.54. The van der Waals surface area contributed by atoms with Gasteiger partial charge >= 0.3 is 5.97 Å². The van der Waals surface area contributed by atoms with Crippen molar-refractivity contribution in [2.75, 3.05) is 6.61 Å². The Bertz CT molecular complexity index is 994. The SMILES string of the molecule is CCOC(=O)Cc1ccccc1OC(C)/C(C)=C/C(=C(\C)O)c1cccc(C#N)c1. The molecule has 5 heteroatoms. The Morgan fingerprint density at radius 2 is 1.93 bits per heavy atom. The average Bonchev–Trinajstić information content (AvgIpc) is 2.73. The van der Waals surface area contributed by atoms with Gasteiger partial charge in [-0.15, -0.1) is 0 Å². The molecule has 2 rings (SSSR count). The largest absolute Gasteiger partial charge is 0.512 e. The molecule has 1 N–H and O–H groups in total. The Hall–Kier alpha value is -3.52. The third-order valence-corrected chi connectivity index (χ3v) is 4.62. The average molecular weight is 405 g/mol. The summed E-state index contributed by atoms with van der Waals surface area (Å²) < 4.78 is 11.2. The molecule has 0 aliphatic heterocycles. The smallest absolute Gasteiger partial charge is 0.310 e. The van der Waals surface area contributed by atoms with Crippen molar-refractivity contribution >= 4 is 11.5 Å². The summed E-state index contributed by atoms with van der Waals surface area (Å²) in [4.78, 5) is 11.9. The minimum Gasteiger partial charge on any atom is -0.512 e. The molecule has 0 amide bonds. The standard InChI is InChI=1S/C25H27NO4/c1-5-29-25(28)15-22-10-6-7-12-24(22)30-19(4)17(2)13-23(18(3)27)21-11-8-9-20(14-21)16-26/h6-14,19,27H,5,15H2,1-4H3/b17-13+,23-18-. The van der Waals surface area contributed by atoms with E-state index in [1.54, 1.807) is 32.0 Å². The Morgan fingerprint density at radius 3 is 2.60 bits per heavy atom. The lowest BCUT2D eigenvalue weighted by Crippen LogP contribution is -2.16. The third-order valence-electron chi connectivity index (χ3n) is 4.62. The van der Waals surface area contributed by atoms with Crippen LogP contribution in [0.1, 0.15) is 44.4 Å². The van der Waals surface area contributed by atoms with E-state index in [1.807, 2.05) is 50.3 Å². The van der Waals surface area contributed by atoms with Gasteiger partial charge in [0, 0.05) is 11.1 Å². The molecule has 156 valence electrons. The van der Waals surface area contributed by atoms with Gasteiger partial charge < -0.3 is 14.6 Å². The third kappa shape index (κ3) is 6.25. The lowest BCUT2D eigenvalue weighted by molar-refractivity contribution is -0.142. The predicted molar refractivity (Wildman–Crippen MR) is 117 cm³/mol. The van der Waals surface area contributed by atoms with E-state index >= 15 is 0 Å². The number of para-hydroxylation sites is 1. The molecule has 2 aromatic carbocycles. The van der Waals surface area contributed by atoms with E-state index in [0.29, 0.717) is 23.5 Å². The first-order valence-electron chi connectivity index (χ1n) is 9.84. The predicted octanol–water partition coefficient (Wildman–Crippen LogP) is 5.37. The van der Waals surface area contributed by atoms with Crippen molar-refractivity contribution in [3.63, 3.8) is 0 Å². The first-order chi connectivity index (χ1) is 14.3. The minimum absolute atomic E-state index is 0.140. The molecule has 2 aromatic rings. The van der Waals surface area contributed by atoms with Gasteiger partial charge in [-0.05, 0) is 63.1 Å². The molecule has 1 unspecified atom stereocenters. The van der Waals surface area contributed by atoms with Crippen molar-refractivity contribution in [1.29, 1.82) is 5.26 Å². The summed E-state index contributed by atoms with van der Waals surface area (Å²) in [5, 5.41) is 19.3. The van der Waals surface area contributed by atoms with Gasteiger partial charge in [0.15, 0.2) is 0 Å². The minimum atomic E-state index is -0.304. The quantitative estimate of drug-likeness (QED) is 0.363. The van der Waals surface area contributed by atoms with Gasteiger partial charge in [0.25, 0.3) is 0 Å². The second kappa shape index (κ2) is 10.9. The zero-order valence-corrected chi connectivity index (χ0v) is 17.8. The number of hydrogen-bond acceptors (Lipinski definition) is 5. The fraction of sp³-hybridized carbons (Fsp3) is 0.280. The Morgan fingerprint density at radius 1 is 1.20 bits per heavy atom. The highest BCUT2D eigenvalue weighted by Crippen LogP contribution is 2.26. The number of carbonyl (C=O) groups excluding carboxylic acids is 1. The van der Waals surface area contributed by atoms with Gasteiger partial charge in [0.2, 0.25) is 0 Å². The van der Waals surface area contributed by atoms with Crippen LogP contribution in [-0.4, -0.2) is 23.8 Å². The highest BCUT2D eigenvalue weighted by atomic mass is 16.5. The van der Waals surface area contributed by atoms with Crippen molar-refractivity contribution < 1.29 is 19.4 Å². The van der Waals surface area contributed by atoms with Crippen LogP contribution in [-0.2, 0) is 16.0 Å². The lowest BCUT2D eigenvalue weighted by Gasteiger charge is -2.19. The first-order valence-corrected chi connectivity index (χ1v) is 9.84. The highest BCUT2D eigenvalue weighted by molar-refractivity contribution is 5.76. The van der Waals surface area contributed by atoms with E-state index in [2.05, 4.69) is 6.07 Å². The van der Waals surface area contributed by atoms with E-state index < -0.39 is 0 Å².